The molecule has 2 fully saturated rings. The fourth-order valence-corrected chi connectivity index (χ4v) is 6.25. The lowest BCUT2D eigenvalue weighted by Crippen LogP contribution is -2.42. The summed E-state index contributed by atoms with van der Waals surface area (Å²) in [5, 5.41) is 2.90. The van der Waals surface area contributed by atoms with Gasteiger partial charge in [-0.15, -0.1) is 12.4 Å². The van der Waals surface area contributed by atoms with Gasteiger partial charge in [-0.3, -0.25) is 0 Å². The van der Waals surface area contributed by atoms with E-state index in [9.17, 15) is 12.8 Å². The van der Waals surface area contributed by atoms with E-state index in [-0.39, 0.29) is 39.4 Å². The molecule has 124 valence electrons. The van der Waals surface area contributed by atoms with E-state index in [0.717, 1.165) is 37.9 Å². The summed E-state index contributed by atoms with van der Waals surface area (Å²) in [5.74, 6) is -0.649. The van der Waals surface area contributed by atoms with E-state index in [1.165, 1.54) is 4.31 Å². The highest BCUT2D eigenvalue weighted by Crippen LogP contribution is 2.39. The molecule has 2 saturated heterocycles. The maximum absolute atomic E-state index is 13.3. The SMILES string of the molecule is Cl.O=S(=O)(c1c(Cl)cc(F)cc1Cl)N1C2CCNCC1CC2. The van der Waals surface area contributed by atoms with Crippen molar-refractivity contribution >= 4 is 45.6 Å². The van der Waals surface area contributed by atoms with Gasteiger partial charge in [-0.05, 0) is 37.9 Å². The Labute approximate surface area is 145 Å². The number of sulfonamides is 1. The Morgan fingerprint density at radius 2 is 1.73 bits per heavy atom. The fraction of sp³-hybridized carbons (Fsp3) is 0.538. The van der Waals surface area contributed by atoms with E-state index >= 15 is 0 Å². The first-order valence-corrected chi connectivity index (χ1v) is 8.99. The molecule has 0 aliphatic carbocycles. The summed E-state index contributed by atoms with van der Waals surface area (Å²) < 4.78 is 40.7. The molecular weight excluding hydrogens is 374 g/mol. The Bertz CT molecular complexity index is 634. The second-order valence-electron chi connectivity index (χ2n) is 5.41. The van der Waals surface area contributed by atoms with E-state index in [4.69, 9.17) is 23.2 Å². The molecule has 1 N–H and O–H groups in total. The second kappa shape index (κ2) is 6.79. The van der Waals surface area contributed by atoms with Crippen molar-refractivity contribution in [1.29, 1.82) is 0 Å². The topological polar surface area (TPSA) is 49.4 Å². The van der Waals surface area contributed by atoms with Crippen molar-refractivity contribution in [2.45, 2.75) is 36.2 Å². The van der Waals surface area contributed by atoms with Crippen molar-refractivity contribution in [2.75, 3.05) is 13.1 Å². The van der Waals surface area contributed by atoms with Crippen molar-refractivity contribution in [2.24, 2.45) is 0 Å². The van der Waals surface area contributed by atoms with Crippen LogP contribution in [0.1, 0.15) is 19.3 Å². The van der Waals surface area contributed by atoms with Crippen molar-refractivity contribution < 1.29 is 12.8 Å². The normalized spacial score (nSPS) is 25.6. The van der Waals surface area contributed by atoms with Gasteiger partial charge in [0.15, 0.2) is 0 Å². The van der Waals surface area contributed by atoms with Crippen LogP contribution in [0.2, 0.25) is 10.0 Å². The summed E-state index contributed by atoms with van der Waals surface area (Å²) in [7, 11) is -3.84. The summed E-state index contributed by atoms with van der Waals surface area (Å²) in [6.45, 7) is 1.41. The lowest BCUT2D eigenvalue weighted by atomic mass is 10.1. The Kier molecular flexibility index (Phi) is 5.63. The molecule has 2 aliphatic rings. The van der Waals surface area contributed by atoms with E-state index in [0.29, 0.717) is 6.54 Å². The Morgan fingerprint density at radius 1 is 1.14 bits per heavy atom. The van der Waals surface area contributed by atoms with E-state index in [2.05, 4.69) is 5.32 Å². The highest BCUT2D eigenvalue weighted by molar-refractivity contribution is 7.89. The number of hydrogen-bond donors (Lipinski definition) is 1. The third-order valence-electron chi connectivity index (χ3n) is 4.09. The van der Waals surface area contributed by atoms with Gasteiger partial charge in [0.05, 0.1) is 10.0 Å². The minimum absolute atomic E-state index is 0. The smallest absolute Gasteiger partial charge is 0.246 e. The number of nitrogens with zero attached hydrogens (tertiary/aromatic N) is 1. The molecule has 2 aliphatic heterocycles. The zero-order chi connectivity index (χ0) is 15.2. The number of nitrogens with one attached hydrogen (secondary N) is 1. The van der Waals surface area contributed by atoms with Gasteiger partial charge in [-0.25, -0.2) is 12.8 Å². The van der Waals surface area contributed by atoms with Crippen LogP contribution in [0.3, 0.4) is 0 Å². The monoisotopic (exact) mass is 388 g/mol. The molecule has 1 aromatic rings. The van der Waals surface area contributed by atoms with Crippen molar-refractivity contribution in [3.63, 3.8) is 0 Å². The van der Waals surface area contributed by atoms with Gasteiger partial charge >= 0.3 is 0 Å². The van der Waals surface area contributed by atoms with E-state index in [1.807, 2.05) is 0 Å². The van der Waals surface area contributed by atoms with Gasteiger partial charge in [0.25, 0.3) is 0 Å². The highest BCUT2D eigenvalue weighted by Gasteiger charge is 2.44. The molecule has 9 heteroatoms. The van der Waals surface area contributed by atoms with Crippen molar-refractivity contribution in [3.8, 4) is 0 Å². The fourth-order valence-electron chi connectivity index (χ4n) is 3.21. The molecule has 0 amide bonds. The van der Waals surface area contributed by atoms with Gasteiger partial charge in [-0.2, -0.15) is 4.31 Å². The second-order valence-corrected chi connectivity index (χ2v) is 8.01. The van der Waals surface area contributed by atoms with Crippen LogP contribution in [0.15, 0.2) is 17.0 Å². The molecule has 3 rings (SSSR count). The minimum atomic E-state index is -3.84. The van der Waals surface area contributed by atoms with Gasteiger partial charge in [-0.1, -0.05) is 23.2 Å². The molecule has 2 heterocycles. The van der Waals surface area contributed by atoms with Crippen molar-refractivity contribution in [1.82, 2.24) is 9.62 Å². The van der Waals surface area contributed by atoms with Gasteiger partial charge < -0.3 is 5.32 Å². The number of benzene rings is 1. The lowest BCUT2D eigenvalue weighted by molar-refractivity contribution is 0.334. The maximum Gasteiger partial charge on any atom is 0.246 e. The van der Waals surface area contributed by atoms with Gasteiger partial charge in [0, 0.05) is 18.6 Å². The molecule has 2 unspecified atom stereocenters. The molecule has 4 nitrogen and oxygen atoms in total. The standard InChI is InChI=1S/C13H15Cl2FN2O2S.ClH/c14-11-5-8(16)6-12(15)13(11)21(19,20)18-9-1-2-10(18)7-17-4-3-9;/h5-6,9-10,17H,1-4,7H2;1H. The zero-order valence-electron chi connectivity index (χ0n) is 11.6. The van der Waals surface area contributed by atoms with Crippen LogP contribution in [0.25, 0.3) is 0 Å². The minimum Gasteiger partial charge on any atom is -0.315 e. The Hall–Kier alpha value is -0.110. The Morgan fingerprint density at radius 3 is 2.36 bits per heavy atom. The van der Waals surface area contributed by atoms with Crippen molar-refractivity contribution in [3.05, 3.63) is 28.0 Å². The quantitative estimate of drug-likeness (QED) is 0.846. The average Bonchev–Trinajstić information content (AvgIpc) is 2.61. The molecular formula is C13H16Cl3FN2O2S. The van der Waals surface area contributed by atoms with Crippen LogP contribution in [0, 0.1) is 5.82 Å². The first kappa shape index (κ1) is 18.2. The third-order valence-corrected chi connectivity index (χ3v) is 7.01. The van der Waals surface area contributed by atoms with Gasteiger partial charge in [0.1, 0.15) is 10.7 Å². The number of rotatable bonds is 2. The Balaban J connectivity index is 0.00000176. The third kappa shape index (κ3) is 3.09. The predicted molar refractivity (Wildman–Crippen MR) is 87.0 cm³/mol. The summed E-state index contributed by atoms with van der Waals surface area (Å²) >= 11 is 11.9. The van der Waals surface area contributed by atoms with Crippen LogP contribution < -0.4 is 5.32 Å². The van der Waals surface area contributed by atoms with Crippen LogP contribution >= 0.6 is 35.6 Å². The first-order chi connectivity index (χ1) is 9.91. The molecule has 0 radical (unpaired) electrons. The summed E-state index contributed by atoms with van der Waals surface area (Å²) in [5.41, 5.74) is 0. The largest absolute Gasteiger partial charge is 0.315 e. The maximum atomic E-state index is 13.3. The average molecular weight is 390 g/mol. The highest BCUT2D eigenvalue weighted by atomic mass is 35.5. The summed E-state index contributed by atoms with van der Waals surface area (Å²) in [6.07, 6.45) is 2.40. The summed E-state index contributed by atoms with van der Waals surface area (Å²) in [6, 6.07) is 1.82. The zero-order valence-corrected chi connectivity index (χ0v) is 14.7. The van der Waals surface area contributed by atoms with Gasteiger partial charge in [0.2, 0.25) is 10.0 Å². The molecule has 2 bridgehead atoms. The number of fused-ring (bicyclic) bond motifs is 2. The first-order valence-electron chi connectivity index (χ1n) is 6.80. The van der Waals surface area contributed by atoms with E-state index < -0.39 is 15.8 Å². The lowest BCUT2D eigenvalue weighted by Gasteiger charge is -2.27. The van der Waals surface area contributed by atoms with Crippen LogP contribution in [0.4, 0.5) is 4.39 Å². The predicted octanol–water partition coefficient (Wildman–Crippen LogP) is 3.07. The molecule has 0 aromatic heterocycles. The molecule has 2 atom stereocenters. The van der Waals surface area contributed by atoms with Crippen LogP contribution in [0.5, 0.6) is 0 Å². The van der Waals surface area contributed by atoms with E-state index in [1.54, 1.807) is 0 Å². The number of hydrogen-bond acceptors (Lipinski definition) is 3. The molecule has 0 spiro atoms. The van der Waals surface area contributed by atoms with Crippen LogP contribution in [-0.4, -0.2) is 37.9 Å². The number of halogens is 4. The molecule has 0 saturated carbocycles. The molecule has 1 aromatic carbocycles. The van der Waals surface area contributed by atoms with Crippen LogP contribution in [-0.2, 0) is 10.0 Å². The molecule has 22 heavy (non-hydrogen) atoms. The summed E-state index contributed by atoms with van der Waals surface area (Å²) in [4.78, 5) is -0.189.